The van der Waals surface area contributed by atoms with Gasteiger partial charge in [-0.15, -0.1) is 0 Å². The molecule has 2 amide bonds. The third kappa shape index (κ3) is 2.84. The molecule has 1 aromatic carbocycles. The molecule has 0 radical (unpaired) electrons. The van der Waals surface area contributed by atoms with Crippen LogP contribution in [0.25, 0.3) is 0 Å². The summed E-state index contributed by atoms with van der Waals surface area (Å²) in [6, 6.07) is 5.84. The molecule has 0 aliphatic heterocycles. The molecule has 0 saturated heterocycles. The highest BCUT2D eigenvalue weighted by atomic mass is 19.3. The highest BCUT2D eigenvalue weighted by Crippen LogP contribution is 2.67. The van der Waals surface area contributed by atoms with E-state index in [0.29, 0.717) is 24.8 Å². The Hall–Kier alpha value is -1.92. The summed E-state index contributed by atoms with van der Waals surface area (Å²) in [6.07, 6.45) is 2.09. The first-order valence-corrected chi connectivity index (χ1v) is 7.10. The Bertz CT molecular complexity index is 560. The molecular formula is C15H17F3N2O2. The van der Waals surface area contributed by atoms with E-state index in [-0.39, 0.29) is 36.0 Å². The van der Waals surface area contributed by atoms with Gasteiger partial charge in [-0.25, -0.2) is 4.79 Å². The van der Waals surface area contributed by atoms with Gasteiger partial charge in [0, 0.05) is 17.5 Å². The van der Waals surface area contributed by atoms with E-state index in [9.17, 15) is 18.0 Å². The predicted octanol–water partition coefficient (Wildman–Crippen LogP) is 2.98. The van der Waals surface area contributed by atoms with Crippen LogP contribution in [0.15, 0.2) is 24.3 Å². The van der Waals surface area contributed by atoms with Gasteiger partial charge in [0.1, 0.15) is 5.75 Å². The largest absolute Gasteiger partial charge is 0.435 e. The lowest BCUT2D eigenvalue weighted by Crippen LogP contribution is -2.76. The predicted molar refractivity (Wildman–Crippen MR) is 73.4 cm³/mol. The van der Waals surface area contributed by atoms with Gasteiger partial charge in [-0.3, -0.25) is 4.39 Å². The van der Waals surface area contributed by atoms with Crippen molar-refractivity contribution < 1.29 is 22.7 Å². The van der Waals surface area contributed by atoms with Crippen molar-refractivity contribution >= 4 is 6.03 Å². The summed E-state index contributed by atoms with van der Waals surface area (Å²) >= 11 is 0. The highest BCUT2D eigenvalue weighted by Gasteiger charge is 2.68. The maximum Gasteiger partial charge on any atom is 0.387 e. The molecule has 0 atom stereocenters. The van der Waals surface area contributed by atoms with Crippen molar-refractivity contribution in [3.05, 3.63) is 29.8 Å². The van der Waals surface area contributed by atoms with E-state index in [1.165, 1.54) is 12.1 Å². The van der Waals surface area contributed by atoms with Crippen LogP contribution in [-0.2, 0) is 6.54 Å². The number of benzene rings is 1. The molecule has 120 valence electrons. The number of ether oxygens (including phenoxy) is 1. The summed E-state index contributed by atoms with van der Waals surface area (Å²) < 4.78 is 41.2. The standard InChI is InChI=1S/C15H17F3N2O2/c16-9-14-6-15(7-14,8-14)20-13(21)19-5-10-2-1-3-11(4-10)22-12(17)18/h1-4,12H,5-9H2,(H2,19,20,21). The average Bonchev–Trinajstić information content (AvgIpc) is 2.38. The van der Waals surface area contributed by atoms with E-state index in [2.05, 4.69) is 15.4 Å². The van der Waals surface area contributed by atoms with E-state index in [4.69, 9.17) is 0 Å². The molecule has 4 rings (SSSR count). The van der Waals surface area contributed by atoms with Gasteiger partial charge in [-0.2, -0.15) is 8.78 Å². The number of alkyl halides is 3. The zero-order chi connectivity index (χ0) is 15.8. The quantitative estimate of drug-likeness (QED) is 0.848. The molecule has 3 fully saturated rings. The molecule has 3 saturated carbocycles. The number of amides is 2. The maximum atomic E-state index is 12.7. The van der Waals surface area contributed by atoms with Crippen molar-refractivity contribution in [1.29, 1.82) is 0 Å². The summed E-state index contributed by atoms with van der Waals surface area (Å²) in [5.41, 5.74) is 0.233. The normalized spacial score (nSPS) is 28.5. The number of hydrogen-bond donors (Lipinski definition) is 2. The molecule has 3 aliphatic rings. The summed E-state index contributed by atoms with van der Waals surface area (Å²) in [4.78, 5) is 11.8. The van der Waals surface area contributed by atoms with Gasteiger partial charge in [0.15, 0.2) is 0 Å². The minimum Gasteiger partial charge on any atom is -0.435 e. The van der Waals surface area contributed by atoms with Crippen LogP contribution in [0.1, 0.15) is 24.8 Å². The molecule has 0 aromatic heterocycles. The van der Waals surface area contributed by atoms with Crippen LogP contribution in [0.3, 0.4) is 0 Å². The van der Waals surface area contributed by atoms with Gasteiger partial charge in [-0.1, -0.05) is 12.1 Å². The van der Waals surface area contributed by atoms with Crippen LogP contribution in [-0.4, -0.2) is 24.9 Å². The fraction of sp³-hybridized carbons (Fsp3) is 0.533. The smallest absolute Gasteiger partial charge is 0.387 e. The highest BCUT2D eigenvalue weighted by molar-refractivity contribution is 5.75. The molecule has 7 heteroatoms. The lowest BCUT2D eigenvalue weighted by atomic mass is 9.40. The van der Waals surface area contributed by atoms with Gasteiger partial charge in [0.05, 0.1) is 6.67 Å². The molecule has 22 heavy (non-hydrogen) atoms. The van der Waals surface area contributed by atoms with Crippen LogP contribution in [0, 0.1) is 5.41 Å². The first kappa shape index (κ1) is 15.0. The molecule has 2 N–H and O–H groups in total. The van der Waals surface area contributed by atoms with Crippen LogP contribution >= 0.6 is 0 Å². The first-order valence-electron chi connectivity index (χ1n) is 7.10. The average molecular weight is 314 g/mol. The molecule has 1 aromatic rings. The van der Waals surface area contributed by atoms with E-state index >= 15 is 0 Å². The van der Waals surface area contributed by atoms with Gasteiger partial charge < -0.3 is 15.4 Å². The summed E-state index contributed by atoms with van der Waals surface area (Å²) in [7, 11) is 0. The van der Waals surface area contributed by atoms with Gasteiger partial charge >= 0.3 is 12.6 Å². The Morgan fingerprint density at radius 3 is 2.68 bits per heavy atom. The molecular weight excluding hydrogens is 297 g/mol. The van der Waals surface area contributed by atoms with Crippen LogP contribution in [0.2, 0.25) is 0 Å². The van der Waals surface area contributed by atoms with E-state index in [1.54, 1.807) is 12.1 Å². The number of carbonyl (C=O) groups excluding carboxylic acids is 1. The van der Waals surface area contributed by atoms with Crippen molar-refractivity contribution in [2.45, 2.75) is 38.0 Å². The molecule has 2 bridgehead atoms. The van der Waals surface area contributed by atoms with Crippen molar-refractivity contribution in [3.8, 4) is 5.75 Å². The number of carbonyl (C=O) groups is 1. The number of halogens is 3. The second-order valence-corrected chi connectivity index (χ2v) is 6.28. The molecule has 0 spiro atoms. The Kier molecular flexibility index (Phi) is 3.66. The van der Waals surface area contributed by atoms with Crippen molar-refractivity contribution in [1.82, 2.24) is 10.6 Å². The zero-order valence-corrected chi connectivity index (χ0v) is 11.9. The Labute approximate surface area is 126 Å². The number of nitrogens with one attached hydrogen (secondary N) is 2. The molecule has 4 nitrogen and oxygen atoms in total. The fourth-order valence-electron chi connectivity index (χ4n) is 3.57. The minimum atomic E-state index is -2.88. The SMILES string of the molecule is O=C(NCc1cccc(OC(F)F)c1)NC12CC(CF)(C1)C2. The van der Waals surface area contributed by atoms with Gasteiger partial charge in [0.2, 0.25) is 0 Å². The Morgan fingerprint density at radius 2 is 2.05 bits per heavy atom. The minimum absolute atomic E-state index is 0.0546. The van der Waals surface area contributed by atoms with Crippen LogP contribution in [0.4, 0.5) is 18.0 Å². The van der Waals surface area contributed by atoms with Gasteiger partial charge in [0.25, 0.3) is 0 Å². The van der Waals surface area contributed by atoms with Crippen molar-refractivity contribution in [2.24, 2.45) is 5.41 Å². The van der Waals surface area contributed by atoms with Crippen molar-refractivity contribution in [3.63, 3.8) is 0 Å². The third-order valence-electron chi connectivity index (χ3n) is 4.38. The molecule has 3 aliphatic carbocycles. The monoisotopic (exact) mass is 314 g/mol. The maximum absolute atomic E-state index is 12.7. The summed E-state index contributed by atoms with van der Waals surface area (Å²) in [5.74, 6) is 0.0546. The first-order chi connectivity index (χ1) is 10.4. The number of urea groups is 1. The van der Waals surface area contributed by atoms with Crippen molar-refractivity contribution in [2.75, 3.05) is 6.67 Å². The summed E-state index contributed by atoms with van der Waals surface area (Å²) in [5, 5.41) is 5.54. The Morgan fingerprint density at radius 1 is 1.32 bits per heavy atom. The molecule has 0 heterocycles. The van der Waals surface area contributed by atoms with E-state index in [1.807, 2.05) is 0 Å². The third-order valence-corrected chi connectivity index (χ3v) is 4.38. The second kappa shape index (κ2) is 5.37. The topological polar surface area (TPSA) is 50.4 Å². The number of rotatable bonds is 6. The van der Waals surface area contributed by atoms with Crippen LogP contribution < -0.4 is 15.4 Å². The van der Waals surface area contributed by atoms with E-state index in [0.717, 1.165) is 0 Å². The van der Waals surface area contributed by atoms with Gasteiger partial charge in [-0.05, 0) is 37.0 Å². The fourth-order valence-corrected chi connectivity index (χ4v) is 3.57. The molecule has 0 unspecified atom stereocenters. The number of hydrogen-bond acceptors (Lipinski definition) is 2. The lowest BCUT2D eigenvalue weighted by molar-refractivity contribution is -0.157. The Balaban J connectivity index is 1.46. The second-order valence-electron chi connectivity index (χ2n) is 6.28. The lowest BCUT2D eigenvalue weighted by Gasteiger charge is -2.69. The zero-order valence-electron chi connectivity index (χ0n) is 11.9. The van der Waals surface area contributed by atoms with Crippen LogP contribution in [0.5, 0.6) is 5.75 Å². The summed E-state index contributed by atoms with van der Waals surface area (Å²) in [6.45, 7) is -3.00. The van der Waals surface area contributed by atoms with E-state index < -0.39 is 6.61 Å².